The quantitative estimate of drug-likeness (QED) is 0.297. The van der Waals surface area contributed by atoms with Crippen molar-refractivity contribution in [3.63, 3.8) is 0 Å². The van der Waals surface area contributed by atoms with Gasteiger partial charge >= 0.3 is 17.9 Å². The van der Waals surface area contributed by atoms with Gasteiger partial charge in [-0.3, -0.25) is 9.59 Å². The molecule has 11 heteroatoms. The summed E-state index contributed by atoms with van der Waals surface area (Å²) >= 11 is 0. The molecule has 0 saturated carbocycles. The van der Waals surface area contributed by atoms with Crippen molar-refractivity contribution < 1.29 is 42.5 Å². The number of furan rings is 1. The van der Waals surface area contributed by atoms with Crippen LogP contribution in [0, 0.1) is 5.92 Å². The molecule has 40 heavy (non-hydrogen) atoms. The average Bonchev–Trinajstić information content (AvgIpc) is 3.28. The Morgan fingerprint density at radius 3 is 2.10 bits per heavy atom. The first kappa shape index (κ1) is 28.2. The maximum absolute atomic E-state index is 13.3. The van der Waals surface area contributed by atoms with Gasteiger partial charge in [-0.25, -0.2) is 9.59 Å². The lowest BCUT2D eigenvalue weighted by atomic mass is 9.85. The summed E-state index contributed by atoms with van der Waals surface area (Å²) in [5.74, 6) is -4.32. The molecule has 2 N–H and O–H groups in total. The van der Waals surface area contributed by atoms with Gasteiger partial charge in [-0.2, -0.15) is 0 Å². The molecular weight excluding hydrogens is 520 g/mol. The number of esters is 3. The Morgan fingerprint density at radius 2 is 1.50 bits per heavy atom. The van der Waals surface area contributed by atoms with E-state index < -0.39 is 36.3 Å². The number of dihydropyridines is 1. The van der Waals surface area contributed by atoms with Gasteiger partial charge in [0.1, 0.15) is 22.8 Å². The van der Waals surface area contributed by atoms with Crippen LogP contribution in [0.2, 0.25) is 0 Å². The summed E-state index contributed by atoms with van der Waals surface area (Å²) < 4.78 is 26.9. The molecule has 0 fully saturated rings. The van der Waals surface area contributed by atoms with Gasteiger partial charge in [-0.05, 0) is 39.8 Å². The van der Waals surface area contributed by atoms with Crippen LogP contribution in [0.15, 0.2) is 63.4 Å². The second-order valence-corrected chi connectivity index (χ2v) is 8.88. The number of hydrogen-bond donors (Lipinski definition) is 2. The molecule has 11 nitrogen and oxygen atoms in total. The molecule has 0 aliphatic carbocycles. The molecule has 0 unspecified atom stereocenters. The summed E-state index contributed by atoms with van der Waals surface area (Å²) in [4.78, 5) is 51.7. The highest BCUT2D eigenvalue weighted by atomic mass is 16.5. The van der Waals surface area contributed by atoms with E-state index in [1.54, 1.807) is 39.8 Å². The van der Waals surface area contributed by atoms with Gasteiger partial charge in [-0.15, -0.1) is 0 Å². The standard InChI is InChI=1S/C29H30N2O9/c1-6-37-27(33)24-15(3)30-16(4)25(28(34)38-7-2)26(24)29(35)39-14-23(32)31-19-13-21-18(12-22(19)36-5)17-10-8-9-11-20(17)40-21/h8-13,26,30H,6-7,14H2,1-5H3,(H,31,32). The number of fused-ring (bicyclic) bond motifs is 3. The number of rotatable bonds is 9. The van der Waals surface area contributed by atoms with Gasteiger partial charge in [0.25, 0.3) is 5.91 Å². The number of allylic oxidation sites excluding steroid dienone is 2. The van der Waals surface area contributed by atoms with Gasteiger partial charge in [0.15, 0.2) is 6.61 Å². The first-order chi connectivity index (χ1) is 19.2. The van der Waals surface area contributed by atoms with Crippen LogP contribution >= 0.6 is 0 Å². The van der Waals surface area contributed by atoms with Gasteiger partial charge < -0.3 is 34.0 Å². The maximum Gasteiger partial charge on any atom is 0.337 e. The number of carbonyl (C=O) groups is 4. The van der Waals surface area contributed by atoms with Crippen LogP contribution in [0.1, 0.15) is 27.7 Å². The lowest BCUT2D eigenvalue weighted by Gasteiger charge is -2.28. The van der Waals surface area contributed by atoms with Gasteiger partial charge in [0.05, 0.1) is 37.2 Å². The molecule has 0 bridgehead atoms. The molecule has 0 saturated heterocycles. The molecule has 1 aliphatic heterocycles. The monoisotopic (exact) mass is 550 g/mol. The molecule has 1 aromatic heterocycles. The van der Waals surface area contributed by atoms with E-state index in [0.29, 0.717) is 34.0 Å². The number of amides is 1. The highest BCUT2D eigenvalue weighted by Crippen LogP contribution is 2.36. The molecule has 3 aromatic rings. The number of methoxy groups -OCH3 is 1. The van der Waals surface area contributed by atoms with E-state index in [1.807, 2.05) is 24.3 Å². The van der Waals surface area contributed by atoms with Crippen molar-refractivity contribution in [1.82, 2.24) is 5.32 Å². The summed E-state index contributed by atoms with van der Waals surface area (Å²) in [6, 6.07) is 10.9. The topological polar surface area (TPSA) is 142 Å². The van der Waals surface area contributed by atoms with Crippen molar-refractivity contribution in [1.29, 1.82) is 0 Å². The predicted molar refractivity (Wildman–Crippen MR) is 145 cm³/mol. The second-order valence-electron chi connectivity index (χ2n) is 8.88. The number of hydrogen-bond acceptors (Lipinski definition) is 10. The number of benzene rings is 2. The Balaban J connectivity index is 1.56. The lowest BCUT2D eigenvalue weighted by molar-refractivity contribution is -0.153. The zero-order chi connectivity index (χ0) is 29.0. The van der Waals surface area contributed by atoms with Gasteiger partial charge in [0, 0.05) is 28.2 Å². The Labute approximate surface area is 230 Å². The van der Waals surface area contributed by atoms with E-state index in [4.69, 9.17) is 23.4 Å². The fourth-order valence-corrected chi connectivity index (χ4v) is 4.61. The number of carbonyl (C=O) groups excluding carboxylic acids is 4. The van der Waals surface area contributed by atoms with Gasteiger partial charge in [0.2, 0.25) is 0 Å². The minimum Gasteiger partial charge on any atom is -0.495 e. The largest absolute Gasteiger partial charge is 0.495 e. The van der Waals surface area contributed by atoms with Crippen LogP contribution in [0.5, 0.6) is 5.75 Å². The van der Waals surface area contributed by atoms with Crippen LogP contribution < -0.4 is 15.4 Å². The van der Waals surface area contributed by atoms with E-state index in [-0.39, 0.29) is 24.4 Å². The van der Waals surface area contributed by atoms with E-state index in [0.717, 1.165) is 10.8 Å². The van der Waals surface area contributed by atoms with Crippen LogP contribution in [0.3, 0.4) is 0 Å². The van der Waals surface area contributed by atoms with E-state index in [2.05, 4.69) is 10.6 Å². The fraction of sp³-hybridized carbons (Fsp3) is 0.310. The van der Waals surface area contributed by atoms with Crippen molar-refractivity contribution in [2.45, 2.75) is 27.7 Å². The molecule has 210 valence electrons. The van der Waals surface area contributed by atoms with Crippen LogP contribution in [-0.4, -0.2) is 50.7 Å². The van der Waals surface area contributed by atoms with Crippen LogP contribution in [0.4, 0.5) is 5.69 Å². The normalized spacial score (nSPS) is 13.7. The zero-order valence-corrected chi connectivity index (χ0v) is 22.8. The SMILES string of the molecule is CCOC(=O)C1=C(C)NC(C)=C(C(=O)OCC)C1C(=O)OCC(=O)Nc1cc2oc3ccccc3c2cc1OC. The molecule has 4 rings (SSSR count). The van der Waals surface area contributed by atoms with Crippen molar-refractivity contribution in [2.24, 2.45) is 5.92 Å². The summed E-state index contributed by atoms with van der Waals surface area (Å²) in [5.41, 5.74) is 1.96. The summed E-state index contributed by atoms with van der Waals surface area (Å²) in [7, 11) is 1.47. The van der Waals surface area contributed by atoms with Crippen molar-refractivity contribution in [3.05, 3.63) is 58.9 Å². The van der Waals surface area contributed by atoms with Crippen molar-refractivity contribution >= 4 is 51.4 Å². The lowest BCUT2D eigenvalue weighted by Crippen LogP contribution is -2.39. The smallest absolute Gasteiger partial charge is 0.337 e. The third-order valence-electron chi connectivity index (χ3n) is 6.31. The Morgan fingerprint density at radius 1 is 0.875 bits per heavy atom. The Hall–Kier alpha value is -4.80. The number of para-hydroxylation sites is 1. The summed E-state index contributed by atoms with van der Waals surface area (Å²) in [5, 5.41) is 7.29. The number of anilines is 1. The zero-order valence-electron chi connectivity index (χ0n) is 22.8. The first-order valence-corrected chi connectivity index (χ1v) is 12.7. The molecule has 0 spiro atoms. The van der Waals surface area contributed by atoms with Crippen LogP contribution in [-0.2, 0) is 33.4 Å². The number of nitrogens with one attached hydrogen (secondary N) is 2. The average molecular weight is 551 g/mol. The molecule has 2 aromatic carbocycles. The minimum absolute atomic E-state index is 0.0502. The van der Waals surface area contributed by atoms with Crippen molar-refractivity contribution in [3.8, 4) is 5.75 Å². The molecule has 1 aliphatic rings. The Kier molecular flexibility index (Phi) is 8.42. The predicted octanol–water partition coefficient (Wildman–Crippen LogP) is 3.97. The Bertz CT molecular complexity index is 1520. The maximum atomic E-state index is 13.3. The summed E-state index contributed by atoms with van der Waals surface area (Å²) in [6.07, 6.45) is 0. The third-order valence-corrected chi connectivity index (χ3v) is 6.31. The van der Waals surface area contributed by atoms with Gasteiger partial charge in [-0.1, -0.05) is 18.2 Å². The number of ether oxygens (including phenoxy) is 4. The van der Waals surface area contributed by atoms with E-state index in [1.165, 1.54) is 7.11 Å². The van der Waals surface area contributed by atoms with E-state index >= 15 is 0 Å². The third kappa shape index (κ3) is 5.49. The molecule has 0 radical (unpaired) electrons. The molecule has 0 atom stereocenters. The molecule has 2 heterocycles. The minimum atomic E-state index is -1.45. The first-order valence-electron chi connectivity index (χ1n) is 12.7. The highest BCUT2D eigenvalue weighted by molar-refractivity contribution is 6.08. The van der Waals surface area contributed by atoms with Crippen LogP contribution in [0.25, 0.3) is 21.9 Å². The summed E-state index contributed by atoms with van der Waals surface area (Å²) in [6.45, 7) is 5.78. The van der Waals surface area contributed by atoms with Crippen molar-refractivity contribution in [2.75, 3.05) is 32.2 Å². The molecule has 1 amide bonds. The second kappa shape index (κ2) is 11.9. The fourth-order valence-electron chi connectivity index (χ4n) is 4.61. The highest BCUT2D eigenvalue weighted by Gasteiger charge is 2.42. The van der Waals surface area contributed by atoms with E-state index in [9.17, 15) is 19.2 Å². The molecular formula is C29H30N2O9.